The van der Waals surface area contributed by atoms with Crippen LogP contribution in [0, 0.1) is 12.8 Å². The lowest BCUT2D eigenvalue weighted by atomic mass is 9.96. The van der Waals surface area contributed by atoms with Crippen LogP contribution in [0.3, 0.4) is 0 Å². The molecule has 1 N–H and O–H groups in total. The number of amides is 1. The lowest BCUT2D eigenvalue weighted by Crippen LogP contribution is -2.60. The summed E-state index contributed by atoms with van der Waals surface area (Å²) in [4.78, 5) is 15.9. The van der Waals surface area contributed by atoms with Gasteiger partial charge in [-0.15, -0.1) is 0 Å². The molecule has 2 aliphatic heterocycles. The number of hydrogen-bond acceptors (Lipinski definition) is 6. The molecule has 37 heavy (non-hydrogen) atoms. The highest BCUT2D eigenvalue weighted by molar-refractivity contribution is 7.89. The molecule has 0 radical (unpaired) electrons. The van der Waals surface area contributed by atoms with Crippen LogP contribution in [-0.4, -0.2) is 69.1 Å². The monoisotopic (exact) mass is 529 g/mol. The van der Waals surface area contributed by atoms with Crippen molar-refractivity contribution < 1.29 is 22.7 Å². The van der Waals surface area contributed by atoms with Gasteiger partial charge in [0.1, 0.15) is 0 Å². The van der Waals surface area contributed by atoms with Gasteiger partial charge in [0.05, 0.1) is 30.8 Å². The maximum atomic E-state index is 13.6. The van der Waals surface area contributed by atoms with Gasteiger partial charge in [-0.25, -0.2) is 8.42 Å². The van der Waals surface area contributed by atoms with E-state index in [9.17, 15) is 13.2 Å². The van der Waals surface area contributed by atoms with E-state index < -0.39 is 15.7 Å². The van der Waals surface area contributed by atoms with Gasteiger partial charge >= 0.3 is 0 Å². The summed E-state index contributed by atoms with van der Waals surface area (Å²) in [5, 5.41) is 3.66. The molecule has 1 amide bonds. The summed E-state index contributed by atoms with van der Waals surface area (Å²) in [6.45, 7) is 7.38. The second-order valence-electron chi connectivity index (χ2n) is 10.2. The third-order valence-corrected chi connectivity index (χ3v) is 9.88. The molecule has 2 fully saturated rings. The molecular formula is C28H39N3O5S. The minimum Gasteiger partial charge on any atom is -0.493 e. The second-order valence-corrected chi connectivity index (χ2v) is 12.1. The van der Waals surface area contributed by atoms with Gasteiger partial charge < -0.3 is 14.4 Å². The number of sulfonamides is 1. The van der Waals surface area contributed by atoms with Gasteiger partial charge in [0.25, 0.3) is 0 Å². The van der Waals surface area contributed by atoms with Crippen LogP contribution in [0.4, 0.5) is 0 Å². The first-order valence-corrected chi connectivity index (χ1v) is 14.5. The number of nitrogens with zero attached hydrogens (tertiary/aromatic N) is 2. The SMILES string of the molecule is CC[C@H](C)[C@H]1NC2(CCN(S(=O)(=O)c3ccc(C)cc3)CC2)N(CCc2ccc(OC)c(OC)c2)C1=O. The summed E-state index contributed by atoms with van der Waals surface area (Å²) in [5.41, 5.74) is 1.51. The van der Waals surface area contributed by atoms with E-state index in [2.05, 4.69) is 19.2 Å². The molecule has 2 aromatic rings. The molecule has 2 heterocycles. The minimum atomic E-state index is -3.58. The van der Waals surface area contributed by atoms with E-state index in [1.54, 1.807) is 30.7 Å². The van der Waals surface area contributed by atoms with Crippen molar-refractivity contribution in [2.75, 3.05) is 33.9 Å². The molecule has 0 aromatic heterocycles. The van der Waals surface area contributed by atoms with Crippen LogP contribution in [-0.2, 0) is 21.2 Å². The van der Waals surface area contributed by atoms with Gasteiger partial charge in [0.2, 0.25) is 15.9 Å². The summed E-state index contributed by atoms with van der Waals surface area (Å²) in [6, 6.07) is 12.5. The van der Waals surface area contributed by atoms with Gasteiger partial charge in [-0.1, -0.05) is 44.0 Å². The molecule has 2 aromatic carbocycles. The van der Waals surface area contributed by atoms with Gasteiger partial charge in [-0.2, -0.15) is 4.31 Å². The zero-order valence-electron chi connectivity index (χ0n) is 22.5. The Kier molecular flexibility index (Phi) is 8.16. The molecule has 9 heteroatoms. The van der Waals surface area contributed by atoms with Crippen LogP contribution < -0.4 is 14.8 Å². The Hall–Kier alpha value is -2.62. The van der Waals surface area contributed by atoms with E-state index in [1.807, 2.05) is 42.2 Å². The molecule has 8 nitrogen and oxygen atoms in total. The van der Waals surface area contributed by atoms with E-state index in [0.717, 1.165) is 17.5 Å². The maximum Gasteiger partial charge on any atom is 0.243 e. The predicted molar refractivity (Wildman–Crippen MR) is 143 cm³/mol. The number of carbonyl (C=O) groups is 1. The first-order valence-electron chi connectivity index (χ1n) is 13.0. The average molecular weight is 530 g/mol. The Balaban J connectivity index is 1.53. The Morgan fingerprint density at radius 3 is 2.30 bits per heavy atom. The van der Waals surface area contributed by atoms with Crippen LogP contribution in [0.15, 0.2) is 47.4 Å². The number of nitrogens with one attached hydrogen (secondary N) is 1. The molecule has 1 spiro atoms. The van der Waals surface area contributed by atoms with E-state index in [0.29, 0.717) is 55.3 Å². The molecule has 2 atom stereocenters. The molecule has 0 unspecified atom stereocenters. The van der Waals surface area contributed by atoms with E-state index in [1.165, 1.54) is 0 Å². The first kappa shape index (κ1) is 27.4. The number of methoxy groups -OCH3 is 2. The van der Waals surface area contributed by atoms with Crippen LogP contribution in [0.5, 0.6) is 11.5 Å². The van der Waals surface area contributed by atoms with Crippen molar-refractivity contribution in [2.24, 2.45) is 5.92 Å². The maximum absolute atomic E-state index is 13.6. The Bertz CT molecular complexity index is 1210. The van der Waals surface area contributed by atoms with E-state index in [-0.39, 0.29) is 17.9 Å². The standard InChI is InChI=1S/C28H39N3O5S/c1-6-21(3)26-27(32)31(16-13-22-9-12-24(35-4)25(19-22)36-5)28(29-26)14-17-30(18-15-28)37(33,34)23-10-7-20(2)8-11-23/h7-12,19,21,26,29H,6,13-18H2,1-5H3/t21-,26+/m0/s1. The quantitative estimate of drug-likeness (QED) is 0.534. The summed E-state index contributed by atoms with van der Waals surface area (Å²) >= 11 is 0. The van der Waals surface area contributed by atoms with E-state index >= 15 is 0 Å². The first-order chi connectivity index (χ1) is 17.6. The number of rotatable bonds is 9. The van der Waals surface area contributed by atoms with Crippen molar-refractivity contribution in [2.45, 2.75) is 63.1 Å². The van der Waals surface area contributed by atoms with Crippen LogP contribution in [0.2, 0.25) is 0 Å². The van der Waals surface area contributed by atoms with Gasteiger partial charge in [-0.3, -0.25) is 10.1 Å². The molecule has 4 rings (SSSR count). The zero-order chi connectivity index (χ0) is 26.8. The average Bonchev–Trinajstić information content (AvgIpc) is 3.17. The molecule has 0 bridgehead atoms. The summed E-state index contributed by atoms with van der Waals surface area (Å²) < 4.78 is 38.9. The topological polar surface area (TPSA) is 88.2 Å². The number of piperidine rings is 1. The Morgan fingerprint density at radius 2 is 1.70 bits per heavy atom. The third kappa shape index (κ3) is 5.35. The number of benzene rings is 2. The number of hydrogen-bond donors (Lipinski definition) is 1. The summed E-state index contributed by atoms with van der Waals surface area (Å²) in [6.07, 6.45) is 2.64. The predicted octanol–water partition coefficient (Wildman–Crippen LogP) is 3.58. The fraction of sp³-hybridized carbons (Fsp3) is 0.536. The summed E-state index contributed by atoms with van der Waals surface area (Å²) in [7, 11) is -0.366. The van der Waals surface area contributed by atoms with Crippen molar-refractivity contribution in [3.8, 4) is 11.5 Å². The smallest absolute Gasteiger partial charge is 0.243 e. The Labute approximate surface area is 221 Å². The van der Waals surface area contributed by atoms with Crippen molar-refractivity contribution in [1.82, 2.24) is 14.5 Å². The lowest BCUT2D eigenvalue weighted by molar-refractivity contribution is -0.133. The number of ether oxygens (including phenoxy) is 2. The van der Waals surface area contributed by atoms with Crippen LogP contribution in [0.1, 0.15) is 44.2 Å². The lowest BCUT2D eigenvalue weighted by Gasteiger charge is -2.44. The Morgan fingerprint density at radius 1 is 1.05 bits per heavy atom. The van der Waals surface area contributed by atoms with Crippen LogP contribution >= 0.6 is 0 Å². The molecule has 0 aliphatic carbocycles. The third-order valence-electron chi connectivity index (χ3n) is 7.97. The van der Waals surface area contributed by atoms with Crippen molar-refractivity contribution in [3.05, 3.63) is 53.6 Å². The van der Waals surface area contributed by atoms with Crippen molar-refractivity contribution >= 4 is 15.9 Å². The molecule has 0 saturated carbocycles. The van der Waals surface area contributed by atoms with Gasteiger partial charge in [-0.05, 0) is 61.9 Å². The fourth-order valence-electron chi connectivity index (χ4n) is 5.40. The molecular weight excluding hydrogens is 490 g/mol. The van der Waals surface area contributed by atoms with Gasteiger partial charge in [0, 0.05) is 19.6 Å². The second kappa shape index (κ2) is 11.0. The number of aryl methyl sites for hydroxylation is 1. The largest absolute Gasteiger partial charge is 0.493 e. The van der Waals surface area contributed by atoms with Crippen molar-refractivity contribution in [3.63, 3.8) is 0 Å². The van der Waals surface area contributed by atoms with E-state index in [4.69, 9.17) is 9.47 Å². The molecule has 2 saturated heterocycles. The normalized spacial score (nSPS) is 20.8. The fourth-order valence-corrected chi connectivity index (χ4v) is 6.84. The van der Waals surface area contributed by atoms with Crippen molar-refractivity contribution in [1.29, 1.82) is 0 Å². The van der Waals surface area contributed by atoms with Crippen LogP contribution in [0.25, 0.3) is 0 Å². The minimum absolute atomic E-state index is 0.102. The summed E-state index contributed by atoms with van der Waals surface area (Å²) in [5.74, 6) is 1.61. The molecule has 2 aliphatic rings. The highest BCUT2D eigenvalue weighted by Gasteiger charge is 2.53. The molecule has 202 valence electrons. The highest BCUT2D eigenvalue weighted by Crippen LogP contribution is 2.37. The zero-order valence-corrected chi connectivity index (χ0v) is 23.3. The van der Waals surface area contributed by atoms with Gasteiger partial charge in [0.15, 0.2) is 11.5 Å². The number of carbonyl (C=O) groups excluding carboxylic acids is 1. The highest BCUT2D eigenvalue weighted by atomic mass is 32.2.